The Kier molecular flexibility index (Phi) is 1.89. The monoisotopic (exact) mass is 244 g/mol. The van der Waals surface area contributed by atoms with Crippen molar-refractivity contribution in [3.63, 3.8) is 0 Å². The molecule has 2 aromatic carbocycles. The van der Waals surface area contributed by atoms with Crippen LogP contribution in [-0.4, -0.2) is 4.98 Å². The van der Waals surface area contributed by atoms with E-state index in [1.807, 2.05) is 48.5 Å². The van der Waals surface area contributed by atoms with Crippen LogP contribution in [0.25, 0.3) is 34.2 Å². The van der Waals surface area contributed by atoms with Crippen molar-refractivity contribution in [2.45, 2.75) is 0 Å². The molecule has 1 aromatic heterocycles. The molecule has 3 aromatic rings. The standard InChI is InChI=1S/C16H8N2O/c17-9-12-8-11-7-10(5-6-13(11)12)16-18-14-3-1-2-4-15(14)19-16/h1-8H. The quantitative estimate of drug-likeness (QED) is 0.652. The van der Waals surface area contributed by atoms with Gasteiger partial charge >= 0.3 is 0 Å². The van der Waals surface area contributed by atoms with Gasteiger partial charge in [0.15, 0.2) is 5.58 Å². The lowest BCUT2D eigenvalue weighted by Gasteiger charge is -2.14. The highest BCUT2D eigenvalue weighted by atomic mass is 16.3. The number of aromatic nitrogens is 1. The van der Waals surface area contributed by atoms with Gasteiger partial charge in [-0.3, -0.25) is 0 Å². The van der Waals surface area contributed by atoms with Crippen LogP contribution in [0.3, 0.4) is 0 Å². The Morgan fingerprint density at radius 1 is 1.11 bits per heavy atom. The molecule has 0 saturated carbocycles. The molecule has 0 amide bonds. The average molecular weight is 244 g/mol. The maximum atomic E-state index is 8.87. The molecule has 0 N–H and O–H groups in total. The van der Waals surface area contributed by atoms with E-state index in [-0.39, 0.29) is 0 Å². The topological polar surface area (TPSA) is 49.8 Å². The maximum Gasteiger partial charge on any atom is 0.227 e. The third-order valence-corrected chi connectivity index (χ3v) is 3.30. The van der Waals surface area contributed by atoms with Gasteiger partial charge in [0.05, 0.1) is 11.6 Å². The zero-order valence-electron chi connectivity index (χ0n) is 9.92. The summed E-state index contributed by atoms with van der Waals surface area (Å²) in [6, 6.07) is 15.7. The summed E-state index contributed by atoms with van der Waals surface area (Å²) < 4.78 is 5.73. The summed E-state index contributed by atoms with van der Waals surface area (Å²) in [5.41, 5.74) is 5.38. The van der Waals surface area contributed by atoms with Crippen molar-refractivity contribution in [2.75, 3.05) is 0 Å². The van der Waals surface area contributed by atoms with Crippen molar-refractivity contribution in [2.24, 2.45) is 0 Å². The molecule has 0 fully saturated rings. The summed E-state index contributed by atoms with van der Waals surface area (Å²) in [6.45, 7) is 0. The molecular weight excluding hydrogens is 236 g/mol. The van der Waals surface area contributed by atoms with Gasteiger partial charge in [0, 0.05) is 5.56 Å². The van der Waals surface area contributed by atoms with E-state index in [9.17, 15) is 0 Å². The first-order valence-electron chi connectivity index (χ1n) is 5.97. The van der Waals surface area contributed by atoms with Crippen molar-refractivity contribution >= 4 is 22.7 Å². The highest BCUT2D eigenvalue weighted by Crippen LogP contribution is 2.35. The molecule has 0 unspecified atom stereocenters. The van der Waals surface area contributed by atoms with E-state index in [1.165, 1.54) is 0 Å². The summed E-state index contributed by atoms with van der Waals surface area (Å²) in [5.74, 6) is 0.614. The Hall–Kier alpha value is -2.86. The average Bonchev–Trinajstić information content (AvgIpc) is 2.84. The van der Waals surface area contributed by atoms with Crippen LogP contribution in [-0.2, 0) is 0 Å². The third kappa shape index (κ3) is 1.40. The summed E-state index contributed by atoms with van der Waals surface area (Å²) in [4.78, 5) is 4.46. The molecule has 1 heterocycles. The van der Waals surface area contributed by atoms with Gasteiger partial charge in [0.25, 0.3) is 0 Å². The highest BCUT2D eigenvalue weighted by Gasteiger charge is 2.17. The zero-order chi connectivity index (χ0) is 12.8. The van der Waals surface area contributed by atoms with Gasteiger partial charge in [-0.05, 0) is 41.5 Å². The first kappa shape index (κ1) is 10.1. The van der Waals surface area contributed by atoms with Crippen molar-refractivity contribution < 1.29 is 4.42 Å². The molecule has 0 saturated heterocycles. The van der Waals surface area contributed by atoms with Gasteiger partial charge < -0.3 is 4.42 Å². The first-order chi connectivity index (χ1) is 9.35. The smallest absolute Gasteiger partial charge is 0.227 e. The van der Waals surface area contributed by atoms with E-state index < -0.39 is 0 Å². The van der Waals surface area contributed by atoms with Crippen LogP contribution >= 0.6 is 0 Å². The van der Waals surface area contributed by atoms with E-state index in [0.29, 0.717) is 5.89 Å². The normalized spacial score (nSPS) is 12.5. The van der Waals surface area contributed by atoms with Gasteiger partial charge in [-0.2, -0.15) is 5.26 Å². The fraction of sp³-hybridized carbons (Fsp3) is 0. The molecule has 4 rings (SSSR count). The number of rotatable bonds is 1. The Labute approximate surface area is 109 Å². The Morgan fingerprint density at radius 2 is 2.00 bits per heavy atom. The Bertz CT molecular complexity index is 848. The van der Waals surface area contributed by atoms with E-state index in [1.54, 1.807) is 0 Å². The summed E-state index contributed by atoms with van der Waals surface area (Å²) in [5, 5.41) is 8.87. The predicted octanol–water partition coefficient (Wildman–Crippen LogP) is 3.87. The molecule has 88 valence electrons. The van der Waals surface area contributed by atoms with E-state index >= 15 is 0 Å². The van der Waals surface area contributed by atoms with Crippen LogP contribution < -0.4 is 0 Å². The van der Waals surface area contributed by atoms with Crippen LogP contribution in [0, 0.1) is 11.3 Å². The molecule has 0 radical (unpaired) electrons. The van der Waals surface area contributed by atoms with Crippen molar-refractivity contribution in [1.29, 1.82) is 5.26 Å². The highest BCUT2D eigenvalue weighted by molar-refractivity contribution is 6.02. The van der Waals surface area contributed by atoms with E-state index in [0.717, 1.165) is 33.4 Å². The molecule has 0 bridgehead atoms. The van der Waals surface area contributed by atoms with Crippen molar-refractivity contribution in [3.8, 4) is 17.5 Å². The summed E-state index contributed by atoms with van der Waals surface area (Å²) in [7, 11) is 0. The van der Waals surface area contributed by atoms with Gasteiger partial charge in [-0.25, -0.2) is 4.98 Å². The molecule has 0 atom stereocenters. The largest absolute Gasteiger partial charge is 0.436 e. The second kappa shape index (κ2) is 3.56. The Balaban J connectivity index is 1.83. The summed E-state index contributed by atoms with van der Waals surface area (Å²) >= 11 is 0. The minimum Gasteiger partial charge on any atom is -0.436 e. The number of para-hydroxylation sites is 2. The SMILES string of the molecule is N#CC1=Cc2cc(-c3nc4ccccc4o3)ccc21. The molecule has 3 nitrogen and oxygen atoms in total. The van der Waals surface area contributed by atoms with Gasteiger partial charge in [0.2, 0.25) is 5.89 Å². The number of hydrogen-bond donors (Lipinski definition) is 0. The first-order valence-corrected chi connectivity index (χ1v) is 5.97. The van der Waals surface area contributed by atoms with E-state index in [4.69, 9.17) is 9.68 Å². The molecule has 1 aliphatic carbocycles. The summed E-state index contributed by atoms with van der Waals surface area (Å²) in [6.07, 6.45) is 1.88. The molecule has 0 spiro atoms. The van der Waals surface area contributed by atoms with E-state index in [2.05, 4.69) is 11.1 Å². The lowest BCUT2D eigenvalue weighted by molar-refractivity contribution is 0.620. The van der Waals surface area contributed by atoms with Gasteiger partial charge in [-0.15, -0.1) is 0 Å². The number of allylic oxidation sites excluding steroid dienone is 1. The molecule has 0 aliphatic heterocycles. The predicted molar refractivity (Wildman–Crippen MR) is 72.9 cm³/mol. The van der Waals surface area contributed by atoms with Crippen molar-refractivity contribution in [1.82, 2.24) is 4.98 Å². The fourth-order valence-electron chi connectivity index (χ4n) is 2.30. The number of nitrogens with zero attached hydrogens (tertiary/aromatic N) is 2. The van der Waals surface area contributed by atoms with Gasteiger partial charge in [-0.1, -0.05) is 18.2 Å². The van der Waals surface area contributed by atoms with Crippen LogP contribution in [0.5, 0.6) is 0 Å². The second-order valence-corrected chi connectivity index (χ2v) is 4.46. The number of oxazole rings is 1. The Morgan fingerprint density at radius 3 is 2.79 bits per heavy atom. The molecule has 1 aliphatic rings. The van der Waals surface area contributed by atoms with Crippen LogP contribution in [0.2, 0.25) is 0 Å². The molecule has 19 heavy (non-hydrogen) atoms. The van der Waals surface area contributed by atoms with Crippen LogP contribution in [0.1, 0.15) is 11.1 Å². The van der Waals surface area contributed by atoms with Crippen LogP contribution in [0.15, 0.2) is 46.9 Å². The maximum absolute atomic E-state index is 8.87. The minimum absolute atomic E-state index is 0.614. The minimum atomic E-state index is 0.614. The number of hydrogen-bond acceptors (Lipinski definition) is 3. The van der Waals surface area contributed by atoms with Crippen molar-refractivity contribution in [3.05, 3.63) is 53.6 Å². The zero-order valence-corrected chi connectivity index (χ0v) is 9.92. The van der Waals surface area contributed by atoms with Crippen LogP contribution in [0.4, 0.5) is 0 Å². The number of benzene rings is 2. The van der Waals surface area contributed by atoms with Gasteiger partial charge in [0.1, 0.15) is 5.52 Å². The number of nitriles is 1. The number of fused-ring (bicyclic) bond motifs is 2. The molecule has 3 heteroatoms. The second-order valence-electron chi connectivity index (χ2n) is 4.46. The lowest BCUT2D eigenvalue weighted by atomic mass is 9.88. The lowest BCUT2D eigenvalue weighted by Crippen LogP contribution is -1.97. The third-order valence-electron chi connectivity index (χ3n) is 3.30. The molecular formula is C16H8N2O. The fourth-order valence-corrected chi connectivity index (χ4v) is 2.30.